The predicted octanol–water partition coefficient (Wildman–Crippen LogP) is 0.308. The van der Waals surface area contributed by atoms with Crippen molar-refractivity contribution in [3.8, 4) is 0 Å². The molecule has 0 spiro atoms. The van der Waals surface area contributed by atoms with Gasteiger partial charge in [-0.2, -0.15) is 0 Å². The van der Waals surface area contributed by atoms with Crippen LogP contribution in [-0.2, 0) is 26.2 Å². The maximum absolute atomic E-state index is 11.5. The number of aromatic nitrogens is 1. The second kappa shape index (κ2) is 7.19. The Kier molecular flexibility index (Phi) is 6.15. The van der Waals surface area contributed by atoms with Crippen molar-refractivity contribution >= 4 is 39.2 Å². The molecule has 0 aromatic carbocycles. The van der Waals surface area contributed by atoms with Gasteiger partial charge in [-0.1, -0.05) is 23.2 Å². The first-order valence-electron chi connectivity index (χ1n) is 5.36. The lowest BCUT2D eigenvalue weighted by molar-refractivity contribution is -0.146. The molecule has 0 aliphatic heterocycles. The lowest BCUT2D eigenvalue weighted by Crippen LogP contribution is -2.43. The molecule has 1 aromatic rings. The number of nitrogens with two attached hydrogens (primary N) is 1. The number of esters is 1. The van der Waals surface area contributed by atoms with E-state index in [2.05, 4.69) is 9.71 Å². The zero-order chi connectivity index (χ0) is 15.3. The van der Waals surface area contributed by atoms with Gasteiger partial charge in [-0.3, -0.25) is 4.79 Å². The Morgan fingerprint density at radius 1 is 1.45 bits per heavy atom. The van der Waals surface area contributed by atoms with Gasteiger partial charge in [-0.25, -0.2) is 18.1 Å². The molecule has 0 amide bonds. The van der Waals surface area contributed by atoms with E-state index in [1.165, 1.54) is 12.1 Å². The fourth-order valence-corrected chi connectivity index (χ4v) is 2.17. The standard InChI is InChI=1S/C10H13Cl2N3O4S/c1-20(17,18)14-4-7(13)10(16)19-5-6-2-8(11)15-9(12)3-6/h2-3,7,14H,4-5,13H2,1H3/t7-/m0/s1. The minimum atomic E-state index is -3.41. The summed E-state index contributed by atoms with van der Waals surface area (Å²) in [6.45, 7) is -0.330. The number of nitrogens with one attached hydrogen (secondary N) is 1. The molecule has 1 rings (SSSR count). The third kappa shape index (κ3) is 6.49. The number of carbonyl (C=O) groups is 1. The van der Waals surface area contributed by atoms with Gasteiger partial charge in [-0.05, 0) is 17.7 Å². The number of hydrogen-bond donors (Lipinski definition) is 2. The van der Waals surface area contributed by atoms with Gasteiger partial charge in [0.05, 0.1) is 6.26 Å². The summed E-state index contributed by atoms with van der Waals surface area (Å²) in [4.78, 5) is 15.3. The molecule has 3 N–H and O–H groups in total. The molecule has 0 bridgehead atoms. The van der Waals surface area contributed by atoms with E-state index < -0.39 is 22.0 Å². The van der Waals surface area contributed by atoms with Crippen molar-refractivity contribution in [3.63, 3.8) is 0 Å². The van der Waals surface area contributed by atoms with Gasteiger partial charge in [-0.15, -0.1) is 0 Å². The van der Waals surface area contributed by atoms with Crippen LogP contribution in [0.15, 0.2) is 12.1 Å². The molecule has 20 heavy (non-hydrogen) atoms. The summed E-state index contributed by atoms with van der Waals surface area (Å²) in [5, 5.41) is 0.346. The summed E-state index contributed by atoms with van der Waals surface area (Å²) in [5.74, 6) is -0.745. The number of halogens is 2. The Labute approximate surface area is 126 Å². The van der Waals surface area contributed by atoms with Crippen molar-refractivity contribution in [1.29, 1.82) is 0 Å². The minimum Gasteiger partial charge on any atom is -0.460 e. The first-order chi connectivity index (χ1) is 9.17. The first kappa shape index (κ1) is 17.1. The van der Waals surface area contributed by atoms with Crippen LogP contribution in [0.1, 0.15) is 5.56 Å². The molecule has 0 aliphatic carbocycles. The highest BCUT2D eigenvalue weighted by Crippen LogP contribution is 2.15. The Morgan fingerprint density at radius 3 is 2.50 bits per heavy atom. The third-order valence-corrected chi connectivity index (χ3v) is 3.15. The average Bonchev–Trinajstić information content (AvgIpc) is 2.31. The zero-order valence-electron chi connectivity index (χ0n) is 10.5. The number of hydrogen-bond acceptors (Lipinski definition) is 6. The number of pyridine rings is 1. The molecule has 0 unspecified atom stereocenters. The molecule has 0 saturated heterocycles. The number of rotatable bonds is 6. The average molecular weight is 342 g/mol. The predicted molar refractivity (Wildman–Crippen MR) is 74.9 cm³/mol. The SMILES string of the molecule is CS(=O)(=O)NC[C@H](N)C(=O)OCc1cc(Cl)nc(Cl)c1. The highest BCUT2D eigenvalue weighted by molar-refractivity contribution is 7.88. The van der Waals surface area contributed by atoms with Crippen LogP contribution in [-0.4, -0.2) is 38.2 Å². The van der Waals surface area contributed by atoms with Gasteiger partial charge in [0, 0.05) is 6.54 Å². The second-order valence-electron chi connectivity index (χ2n) is 3.96. The molecule has 7 nitrogen and oxygen atoms in total. The van der Waals surface area contributed by atoms with E-state index in [4.69, 9.17) is 33.7 Å². The van der Waals surface area contributed by atoms with E-state index in [-0.39, 0.29) is 23.5 Å². The molecule has 0 radical (unpaired) electrons. The fourth-order valence-electron chi connectivity index (χ4n) is 1.18. The van der Waals surface area contributed by atoms with Crippen molar-refractivity contribution < 1.29 is 17.9 Å². The Balaban J connectivity index is 2.50. The molecule has 1 aromatic heterocycles. The molecular formula is C10H13Cl2N3O4S. The summed E-state index contributed by atoms with van der Waals surface area (Å²) in [6.07, 6.45) is 0.964. The van der Waals surface area contributed by atoms with Gasteiger partial charge in [0.15, 0.2) is 0 Å². The molecule has 0 aliphatic rings. The van der Waals surface area contributed by atoms with E-state index in [9.17, 15) is 13.2 Å². The summed E-state index contributed by atoms with van der Waals surface area (Å²) in [5.41, 5.74) is 6.03. The quantitative estimate of drug-likeness (QED) is 0.568. The molecule has 0 saturated carbocycles. The number of nitrogens with zero attached hydrogens (tertiary/aromatic N) is 1. The second-order valence-corrected chi connectivity index (χ2v) is 6.56. The van der Waals surface area contributed by atoms with E-state index in [1.54, 1.807) is 0 Å². The summed E-state index contributed by atoms with van der Waals surface area (Å²) >= 11 is 11.4. The summed E-state index contributed by atoms with van der Waals surface area (Å²) in [6, 6.07) is 1.87. The van der Waals surface area contributed by atoms with Crippen LogP contribution < -0.4 is 10.5 Å². The lowest BCUT2D eigenvalue weighted by atomic mass is 10.3. The number of carbonyl (C=O) groups excluding carboxylic acids is 1. The smallest absolute Gasteiger partial charge is 0.324 e. The van der Waals surface area contributed by atoms with Crippen molar-refractivity contribution in [2.75, 3.05) is 12.8 Å². The molecule has 0 fully saturated rings. The van der Waals surface area contributed by atoms with E-state index in [0.29, 0.717) is 5.56 Å². The molecule has 1 atom stereocenters. The van der Waals surface area contributed by atoms with Crippen LogP contribution in [0.25, 0.3) is 0 Å². The number of ether oxygens (including phenoxy) is 1. The number of sulfonamides is 1. The maximum Gasteiger partial charge on any atom is 0.324 e. The van der Waals surface area contributed by atoms with Crippen LogP contribution >= 0.6 is 23.2 Å². The van der Waals surface area contributed by atoms with Crippen molar-refractivity contribution in [2.45, 2.75) is 12.6 Å². The van der Waals surface area contributed by atoms with Gasteiger partial charge in [0.1, 0.15) is 23.0 Å². The van der Waals surface area contributed by atoms with Gasteiger partial charge in [0.25, 0.3) is 0 Å². The van der Waals surface area contributed by atoms with Crippen LogP contribution in [0, 0.1) is 0 Å². The summed E-state index contributed by atoms with van der Waals surface area (Å²) in [7, 11) is -3.41. The minimum absolute atomic E-state index is 0.0899. The van der Waals surface area contributed by atoms with Crippen molar-refractivity contribution in [2.24, 2.45) is 5.73 Å². The highest BCUT2D eigenvalue weighted by atomic mass is 35.5. The molecule has 10 heteroatoms. The largest absolute Gasteiger partial charge is 0.460 e. The topological polar surface area (TPSA) is 111 Å². The Hall–Kier alpha value is -0.930. The van der Waals surface area contributed by atoms with Crippen LogP contribution in [0.5, 0.6) is 0 Å². The van der Waals surface area contributed by atoms with Crippen molar-refractivity contribution in [1.82, 2.24) is 9.71 Å². The first-order valence-corrected chi connectivity index (χ1v) is 8.01. The monoisotopic (exact) mass is 341 g/mol. The maximum atomic E-state index is 11.5. The van der Waals surface area contributed by atoms with Crippen molar-refractivity contribution in [3.05, 3.63) is 28.0 Å². The van der Waals surface area contributed by atoms with Crippen LogP contribution in [0.2, 0.25) is 10.3 Å². The lowest BCUT2D eigenvalue weighted by Gasteiger charge is -2.11. The third-order valence-electron chi connectivity index (χ3n) is 2.07. The van der Waals surface area contributed by atoms with E-state index in [1.807, 2.05) is 0 Å². The van der Waals surface area contributed by atoms with Crippen LogP contribution in [0.4, 0.5) is 0 Å². The zero-order valence-corrected chi connectivity index (χ0v) is 12.8. The highest BCUT2D eigenvalue weighted by Gasteiger charge is 2.17. The summed E-state index contributed by atoms with van der Waals surface area (Å²) < 4.78 is 28.7. The molecule has 112 valence electrons. The van der Waals surface area contributed by atoms with Gasteiger partial charge in [0.2, 0.25) is 10.0 Å². The molecule has 1 heterocycles. The van der Waals surface area contributed by atoms with Gasteiger partial charge >= 0.3 is 5.97 Å². The van der Waals surface area contributed by atoms with Crippen LogP contribution in [0.3, 0.4) is 0 Å². The fraction of sp³-hybridized carbons (Fsp3) is 0.400. The Morgan fingerprint density at radius 2 is 2.00 bits per heavy atom. The van der Waals surface area contributed by atoms with E-state index in [0.717, 1.165) is 6.26 Å². The molecular weight excluding hydrogens is 329 g/mol. The van der Waals surface area contributed by atoms with E-state index >= 15 is 0 Å². The van der Waals surface area contributed by atoms with Gasteiger partial charge < -0.3 is 10.5 Å². The normalized spacial score (nSPS) is 13.0. The Bertz CT molecular complexity index is 574.